The highest BCUT2D eigenvalue weighted by molar-refractivity contribution is 5.74. The Labute approximate surface area is 120 Å². The lowest BCUT2D eigenvalue weighted by molar-refractivity contribution is 0.190. The number of hydrogen-bond donors (Lipinski definition) is 1. The van der Waals surface area contributed by atoms with Crippen molar-refractivity contribution < 1.29 is 4.79 Å². The van der Waals surface area contributed by atoms with Crippen LogP contribution in [-0.4, -0.2) is 49.1 Å². The average Bonchev–Trinajstić information content (AvgIpc) is 2.90. The number of nitrogens with one attached hydrogen (secondary N) is 1. The summed E-state index contributed by atoms with van der Waals surface area (Å²) in [5, 5.41) is 3.11. The normalized spacial score (nSPS) is 22.6. The third-order valence-corrected chi connectivity index (χ3v) is 4.45. The van der Waals surface area contributed by atoms with E-state index in [2.05, 4.69) is 41.5 Å². The van der Waals surface area contributed by atoms with Crippen LogP contribution < -0.4 is 5.32 Å². The van der Waals surface area contributed by atoms with Crippen molar-refractivity contribution in [2.75, 3.05) is 33.2 Å². The number of hydrogen-bond acceptors (Lipinski definition) is 2. The maximum absolute atomic E-state index is 12.2. The van der Waals surface area contributed by atoms with E-state index in [-0.39, 0.29) is 6.03 Å². The van der Waals surface area contributed by atoms with E-state index in [4.69, 9.17) is 0 Å². The average molecular weight is 273 g/mol. The Morgan fingerprint density at radius 2 is 2.10 bits per heavy atom. The van der Waals surface area contributed by atoms with Crippen LogP contribution in [0.4, 0.5) is 4.79 Å². The van der Waals surface area contributed by atoms with E-state index in [1.165, 1.54) is 17.5 Å². The summed E-state index contributed by atoms with van der Waals surface area (Å²) in [4.78, 5) is 16.5. The topological polar surface area (TPSA) is 35.6 Å². The Hall–Kier alpha value is -1.55. The van der Waals surface area contributed by atoms with Crippen molar-refractivity contribution >= 4 is 6.03 Å². The molecule has 1 aromatic carbocycles. The van der Waals surface area contributed by atoms with Gasteiger partial charge in [-0.05, 0) is 43.5 Å². The predicted molar refractivity (Wildman–Crippen MR) is 79.6 cm³/mol. The first-order valence-corrected chi connectivity index (χ1v) is 7.50. The highest BCUT2D eigenvalue weighted by Gasteiger charge is 2.23. The number of carbonyl (C=O) groups is 1. The third kappa shape index (κ3) is 2.96. The Bertz CT molecular complexity index is 488. The fourth-order valence-corrected chi connectivity index (χ4v) is 3.21. The lowest BCUT2D eigenvalue weighted by atomic mass is 10.0. The van der Waals surface area contributed by atoms with Crippen molar-refractivity contribution in [3.63, 3.8) is 0 Å². The zero-order chi connectivity index (χ0) is 13.9. The number of fused-ring (bicyclic) bond motifs is 1. The molecule has 4 heteroatoms. The fourth-order valence-electron chi connectivity index (χ4n) is 3.21. The Kier molecular flexibility index (Phi) is 3.92. The van der Waals surface area contributed by atoms with Crippen LogP contribution in [0.1, 0.15) is 17.5 Å². The highest BCUT2D eigenvalue weighted by atomic mass is 16.2. The number of nitrogens with zero attached hydrogens (tertiary/aromatic N) is 2. The summed E-state index contributed by atoms with van der Waals surface area (Å²) in [6.45, 7) is 4.63. The summed E-state index contributed by atoms with van der Waals surface area (Å²) in [7, 11) is 2.14. The molecular weight excluding hydrogens is 250 g/mol. The van der Waals surface area contributed by atoms with Crippen LogP contribution in [0.2, 0.25) is 0 Å². The Morgan fingerprint density at radius 1 is 1.30 bits per heavy atom. The molecule has 1 aromatic rings. The van der Waals surface area contributed by atoms with Crippen molar-refractivity contribution in [3.8, 4) is 0 Å². The summed E-state index contributed by atoms with van der Waals surface area (Å²) in [6, 6.07) is 8.51. The second-order valence-corrected chi connectivity index (χ2v) is 6.04. The van der Waals surface area contributed by atoms with Gasteiger partial charge < -0.3 is 15.1 Å². The molecule has 2 aliphatic rings. The van der Waals surface area contributed by atoms with Gasteiger partial charge in [0.15, 0.2) is 0 Å². The standard InChI is InChI=1S/C16H23N3O/c1-18-8-6-13(11-18)10-17-16(20)19-9-7-14-4-2-3-5-15(14)12-19/h2-5,13H,6-12H2,1H3,(H,17,20). The molecular formula is C16H23N3O. The lowest BCUT2D eigenvalue weighted by Gasteiger charge is -2.29. The molecule has 1 atom stereocenters. The number of likely N-dealkylation sites (tertiary alicyclic amines) is 1. The van der Waals surface area contributed by atoms with Gasteiger partial charge in [-0.25, -0.2) is 4.79 Å². The maximum Gasteiger partial charge on any atom is 0.317 e. The molecule has 2 aliphatic heterocycles. The van der Waals surface area contributed by atoms with Gasteiger partial charge in [0, 0.05) is 26.2 Å². The van der Waals surface area contributed by atoms with E-state index in [0.29, 0.717) is 5.92 Å². The molecule has 20 heavy (non-hydrogen) atoms. The van der Waals surface area contributed by atoms with Crippen molar-refractivity contribution in [3.05, 3.63) is 35.4 Å². The quantitative estimate of drug-likeness (QED) is 0.890. The number of rotatable bonds is 2. The lowest BCUT2D eigenvalue weighted by Crippen LogP contribution is -2.44. The summed E-state index contributed by atoms with van der Waals surface area (Å²) in [6.07, 6.45) is 2.16. The fraction of sp³-hybridized carbons (Fsp3) is 0.562. The molecule has 0 bridgehead atoms. The summed E-state index contributed by atoms with van der Waals surface area (Å²) < 4.78 is 0. The molecule has 2 amide bonds. The van der Waals surface area contributed by atoms with Crippen molar-refractivity contribution in [1.82, 2.24) is 15.1 Å². The van der Waals surface area contributed by atoms with Gasteiger partial charge in [-0.2, -0.15) is 0 Å². The Balaban J connectivity index is 1.51. The van der Waals surface area contributed by atoms with Crippen molar-refractivity contribution in [1.29, 1.82) is 0 Å². The molecule has 0 aliphatic carbocycles. The van der Waals surface area contributed by atoms with Crippen LogP contribution in [0.5, 0.6) is 0 Å². The third-order valence-electron chi connectivity index (χ3n) is 4.45. The monoisotopic (exact) mass is 273 g/mol. The van der Waals surface area contributed by atoms with Gasteiger partial charge in [-0.15, -0.1) is 0 Å². The molecule has 1 fully saturated rings. The molecule has 0 spiro atoms. The molecule has 0 saturated carbocycles. The number of carbonyl (C=O) groups excluding carboxylic acids is 1. The van der Waals surface area contributed by atoms with Gasteiger partial charge in [-0.1, -0.05) is 24.3 Å². The van der Waals surface area contributed by atoms with E-state index in [9.17, 15) is 4.79 Å². The van der Waals surface area contributed by atoms with E-state index >= 15 is 0 Å². The summed E-state index contributed by atoms with van der Waals surface area (Å²) >= 11 is 0. The number of amides is 2. The van der Waals surface area contributed by atoms with E-state index < -0.39 is 0 Å². The van der Waals surface area contributed by atoms with Gasteiger partial charge in [-0.3, -0.25) is 0 Å². The predicted octanol–water partition coefficient (Wildman–Crippen LogP) is 1.71. The van der Waals surface area contributed by atoms with Gasteiger partial charge >= 0.3 is 6.03 Å². The Morgan fingerprint density at radius 3 is 2.85 bits per heavy atom. The van der Waals surface area contributed by atoms with Crippen LogP contribution in [0.15, 0.2) is 24.3 Å². The van der Waals surface area contributed by atoms with Gasteiger partial charge in [0.2, 0.25) is 0 Å². The van der Waals surface area contributed by atoms with E-state index in [0.717, 1.165) is 39.1 Å². The minimum absolute atomic E-state index is 0.0917. The second kappa shape index (κ2) is 5.83. The van der Waals surface area contributed by atoms with Gasteiger partial charge in [0.1, 0.15) is 0 Å². The van der Waals surface area contributed by atoms with Crippen LogP contribution in [0.25, 0.3) is 0 Å². The van der Waals surface area contributed by atoms with Crippen LogP contribution in [0, 0.1) is 5.92 Å². The SMILES string of the molecule is CN1CCC(CNC(=O)N2CCc3ccccc3C2)C1. The summed E-state index contributed by atoms with van der Waals surface area (Å²) in [5.74, 6) is 0.612. The molecule has 1 N–H and O–H groups in total. The van der Waals surface area contributed by atoms with Crippen LogP contribution in [0.3, 0.4) is 0 Å². The first-order valence-electron chi connectivity index (χ1n) is 7.50. The minimum atomic E-state index is 0.0917. The molecule has 108 valence electrons. The smallest absolute Gasteiger partial charge is 0.317 e. The maximum atomic E-state index is 12.2. The first-order chi connectivity index (χ1) is 9.72. The zero-order valence-electron chi connectivity index (χ0n) is 12.1. The molecule has 1 unspecified atom stereocenters. The van der Waals surface area contributed by atoms with Crippen molar-refractivity contribution in [2.24, 2.45) is 5.92 Å². The molecule has 0 radical (unpaired) electrons. The first kappa shape index (κ1) is 13.4. The van der Waals surface area contributed by atoms with E-state index in [1.54, 1.807) is 0 Å². The zero-order valence-corrected chi connectivity index (χ0v) is 12.1. The number of benzene rings is 1. The summed E-state index contributed by atoms with van der Waals surface area (Å²) in [5.41, 5.74) is 2.67. The molecule has 4 nitrogen and oxygen atoms in total. The van der Waals surface area contributed by atoms with E-state index in [1.807, 2.05) is 4.90 Å². The molecule has 3 rings (SSSR count). The molecule has 0 aromatic heterocycles. The van der Waals surface area contributed by atoms with Gasteiger partial charge in [0.25, 0.3) is 0 Å². The van der Waals surface area contributed by atoms with Crippen LogP contribution in [-0.2, 0) is 13.0 Å². The van der Waals surface area contributed by atoms with Crippen LogP contribution >= 0.6 is 0 Å². The highest BCUT2D eigenvalue weighted by Crippen LogP contribution is 2.18. The largest absolute Gasteiger partial charge is 0.338 e. The molecule has 1 saturated heterocycles. The molecule has 2 heterocycles. The number of urea groups is 1. The minimum Gasteiger partial charge on any atom is -0.338 e. The van der Waals surface area contributed by atoms with Crippen molar-refractivity contribution in [2.45, 2.75) is 19.4 Å². The second-order valence-electron chi connectivity index (χ2n) is 6.04. The van der Waals surface area contributed by atoms with Gasteiger partial charge in [0.05, 0.1) is 0 Å².